The second-order valence-electron chi connectivity index (χ2n) is 4.56. The molecule has 0 amide bonds. The largest absolute Gasteiger partial charge is 0.380 e. The summed E-state index contributed by atoms with van der Waals surface area (Å²) in [6.07, 6.45) is 0.629. The molecule has 0 atom stereocenters. The van der Waals surface area contributed by atoms with Crippen LogP contribution in [0.5, 0.6) is 0 Å². The molecule has 0 spiro atoms. The minimum Gasteiger partial charge on any atom is -0.380 e. The minimum absolute atomic E-state index is 0.164. The van der Waals surface area contributed by atoms with Gasteiger partial charge in [-0.25, -0.2) is 4.39 Å². The molecule has 18 heavy (non-hydrogen) atoms. The molecule has 0 fully saturated rings. The summed E-state index contributed by atoms with van der Waals surface area (Å²) in [5.74, 6) is 0.649. The summed E-state index contributed by atoms with van der Waals surface area (Å²) in [5, 5.41) is 4.01. The van der Waals surface area contributed by atoms with Crippen LogP contribution in [0.2, 0.25) is 5.02 Å². The second-order valence-corrected chi connectivity index (χ2v) is 4.97. The molecule has 1 aromatic heterocycles. The van der Waals surface area contributed by atoms with E-state index < -0.39 is 5.82 Å². The predicted molar refractivity (Wildman–Crippen MR) is 69.9 cm³/mol. The van der Waals surface area contributed by atoms with E-state index in [4.69, 9.17) is 21.9 Å². The molecule has 1 aromatic carbocycles. The van der Waals surface area contributed by atoms with Crippen LogP contribution in [0.25, 0.3) is 11.1 Å². The number of halogens is 2. The minimum atomic E-state index is -0.428. The molecule has 96 valence electrons. The van der Waals surface area contributed by atoms with Gasteiger partial charge >= 0.3 is 0 Å². The van der Waals surface area contributed by atoms with Gasteiger partial charge in [0.15, 0.2) is 5.82 Å². The predicted octanol–water partition coefficient (Wildman–Crippen LogP) is 3.91. The quantitative estimate of drug-likeness (QED) is 0.918. The normalized spacial score (nSPS) is 11.2. The molecule has 0 unspecified atom stereocenters. The first-order valence-electron chi connectivity index (χ1n) is 5.69. The Balaban J connectivity index is 2.60. The summed E-state index contributed by atoms with van der Waals surface area (Å²) in [5.41, 5.74) is 6.48. The zero-order valence-corrected chi connectivity index (χ0v) is 11.0. The van der Waals surface area contributed by atoms with Crippen molar-refractivity contribution in [1.29, 1.82) is 0 Å². The smallest absolute Gasteiger partial charge is 0.175 e. The summed E-state index contributed by atoms with van der Waals surface area (Å²) in [6, 6.07) is 4.51. The van der Waals surface area contributed by atoms with Gasteiger partial charge in [0, 0.05) is 12.0 Å². The van der Waals surface area contributed by atoms with E-state index in [1.54, 1.807) is 12.1 Å². The van der Waals surface area contributed by atoms with Crippen molar-refractivity contribution in [3.8, 4) is 11.1 Å². The summed E-state index contributed by atoms with van der Waals surface area (Å²) < 4.78 is 19.1. The van der Waals surface area contributed by atoms with Gasteiger partial charge in [0.1, 0.15) is 11.6 Å². The number of hydrogen-bond donors (Lipinski definition) is 1. The first kappa shape index (κ1) is 12.9. The fourth-order valence-electron chi connectivity index (χ4n) is 1.85. The molecule has 0 radical (unpaired) electrons. The SMILES string of the molecule is CC(C)Cc1onc(N)c1-c1c(F)cccc1Cl. The Bertz CT molecular complexity index is 546. The van der Waals surface area contributed by atoms with Crippen molar-refractivity contribution in [2.45, 2.75) is 20.3 Å². The highest BCUT2D eigenvalue weighted by Crippen LogP contribution is 2.37. The molecule has 0 aliphatic heterocycles. The number of nitrogen functional groups attached to an aromatic ring is 1. The Morgan fingerprint density at radius 3 is 2.72 bits per heavy atom. The van der Waals surface area contributed by atoms with Crippen LogP contribution in [0.3, 0.4) is 0 Å². The van der Waals surface area contributed by atoms with E-state index >= 15 is 0 Å². The number of nitrogens with zero attached hydrogens (tertiary/aromatic N) is 1. The number of rotatable bonds is 3. The van der Waals surface area contributed by atoms with Gasteiger partial charge < -0.3 is 10.3 Å². The number of hydrogen-bond acceptors (Lipinski definition) is 3. The number of anilines is 1. The molecule has 1 heterocycles. The molecule has 2 rings (SSSR count). The Morgan fingerprint density at radius 1 is 1.39 bits per heavy atom. The third-order valence-corrected chi connectivity index (χ3v) is 2.91. The zero-order valence-electron chi connectivity index (χ0n) is 10.2. The highest BCUT2D eigenvalue weighted by atomic mass is 35.5. The van der Waals surface area contributed by atoms with E-state index in [0.29, 0.717) is 28.7 Å². The third kappa shape index (κ3) is 2.34. The Morgan fingerprint density at radius 2 is 2.11 bits per heavy atom. The van der Waals surface area contributed by atoms with E-state index in [2.05, 4.69) is 5.16 Å². The lowest BCUT2D eigenvalue weighted by Crippen LogP contribution is -1.97. The zero-order chi connectivity index (χ0) is 13.3. The summed E-state index contributed by atoms with van der Waals surface area (Å²) >= 11 is 6.04. The van der Waals surface area contributed by atoms with Gasteiger partial charge in [-0.1, -0.05) is 36.7 Å². The average molecular weight is 269 g/mol. The molecule has 3 nitrogen and oxygen atoms in total. The van der Waals surface area contributed by atoms with Gasteiger partial charge in [-0.2, -0.15) is 0 Å². The van der Waals surface area contributed by atoms with Crippen LogP contribution in [0.1, 0.15) is 19.6 Å². The lowest BCUT2D eigenvalue weighted by atomic mass is 10.00. The number of benzene rings is 1. The van der Waals surface area contributed by atoms with E-state index in [9.17, 15) is 4.39 Å². The van der Waals surface area contributed by atoms with Crippen molar-refractivity contribution < 1.29 is 8.91 Å². The maximum Gasteiger partial charge on any atom is 0.175 e. The maximum absolute atomic E-state index is 13.9. The molecule has 0 saturated carbocycles. The van der Waals surface area contributed by atoms with Gasteiger partial charge in [0.05, 0.1) is 10.6 Å². The fraction of sp³-hybridized carbons (Fsp3) is 0.308. The highest BCUT2D eigenvalue weighted by Gasteiger charge is 2.21. The van der Waals surface area contributed by atoms with Crippen LogP contribution in [0.4, 0.5) is 10.2 Å². The topological polar surface area (TPSA) is 52.0 Å². The van der Waals surface area contributed by atoms with Crippen LogP contribution in [0, 0.1) is 11.7 Å². The van der Waals surface area contributed by atoms with E-state index in [0.717, 1.165) is 0 Å². The molecule has 0 aliphatic rings. The lowest BCUT2D eigenvalue weighted by molar-refractivity contribution is 0.371. The summed E-state index contributed by atoms with van der Waals surface area (Å²) in [4.78, 5) is 0. The monoisotopic (exact) mass is 268 g/mol. The highest BCUT2D eigenvalue weighted by molar-refractivity contribution is 6.33. The average Bonchev–Trinajstić information content (AvgIpc) is 2.60. The van der Waals surface area contributed by atoms with E-state index in [1.165, 1.54) is 6.07 Å². The van der Waals surface area contributed by atoms with Crippen LogP contribution < -0.4 is 5.73 Å². The van der Waals surface area contributed by atoms with Gasteiger partial charge in [0.25, 0.3) is 0 Å². The van der Waals surface area contributed by atoms with Gasteiger partial charge in [-0.15, -0.1) is 0 Å². The second kappa shape index (κ2) is 4.98. The van der Waals surface area contributed by atoms with Crippen molar-refractivity contribution in [2.75, 3.05) is 5.73 Å². The summed E-state index contributed by atoms with van der Waals surface area (Å²) in [6.45, 7) is 4.07. The number of nitrogens with two attached hydrogens (primary N) is 1. The maximum atomic E-state index is 13.9. The molecule has 5 heteroatoms. The van der Waals surface area contributed by atoms with E-state index in [-0.39, 0.29) is 11.4 Å². The molecular weight excluding hydrogens is 255 g/mol. The fourth-order valence-corrected chi connectivity index (χ4v) is 2.11. The van der Waals surface area contributed by atoms with Crippen molar-refractivity contribution in [1.82, 2.24) is 5.16 Å². The van der Waals surface area contributed by atoms with Crippen molar-refractivity contribution in [3.05, 3.63) is 34.8 Å². The van der Waals surface area contributed by atoms with Crippen molar-refractivity contribution in [2.24, 2.45) is 5.92 Å². The van der Waals surface area contributed by atoms with Crippen molar-refractivity contribution >= 4 is 17.4 Å². The molecule has 0 bridgehead atoms. The summed E-state index contributed by atoms with van der Waals surface area (Å²) in [7, 11) is 0. The molecule has 2 aromatic rings. The molecule has 2 N–H and O–H groups in total. The molecule has 0 saturated heterocycles. The molecule has 0 aliphatic carbocycles. The van der Waals surface area contributed by atoms with Gasteiger partial charge in [-0.3, -0.25) is 0 Å². The van der Waals surface area contributed by atoms with Crippen LogP contribution in [-0.2, 0) is 6.42 Å². The molecular formula is C13H14ClFN2O. The van der Waals surface area contributed by atoms with Crippen LogP contribution in [0.15, 0.2) is 22.7 Å². The van der Waals surface area contributed by atoms with Gasteiger partial charge in [-0.05, 0) is 18.1 Å². The van der Waals surface area contributed by atoms with Crippen molar-refractivity contribution in [3.63, 3.8) is 0 Å². The first-order chi connectivity index (χ1) is 8.50. The Labute approximate surface area is 110 Å². The lowest BCUT2D eigenvalue weighted by Gasteiger charge is -2.07. The van der Waals surface area contributed by atoms with Gasteiger partial charge in [0.2, 0.25) is 0 Å². The standard InChI is InChI=1S/C13H14ClFN2O/c1-7(2)6-10-12(13(16)17-18-10)11-8(14)4-3-5-9(11)15/h3-5,7H,6H2,1-2H3,(H2,16,17). The van der Waals surface area contributed by atoms with Crippen LogP contribution >= 0.6 is 11.6 Å². The van der Waals surface area contributed by atoms with E-state index in [1.807, 2.05) is 13.8 Å². The first-order valence-corrected chi connectivity index (χ1v) is 6.07. The number of aromatic nitrogens is 1. The third-order valence-electron chi connectivity index (χ3n) is 2.60. The Kier molecular flexibility index (Phi) is 3.57. The van der Waals surface area contributed by atoms with Crippen LogP contribution in [-0.4, -0.2) is 5.16 Å². The Hall–Kier alpha value is -1.55.